The van der Waals surface area contributed by atoms with E-state index in [1.807, 2.05) is 30.3 Å². The van der Waals surface area contributed by atoms with Crippen molar-refractivity contribution in [2.24, 2.45) is 5.92 Å². The van der Waals surface area contributed by atoms with Crippen molar-refractivity contribution in [1.82, 2.24) is 0 Å². The molecule has 0 aliphatic heterocycles. The highest BCUT2D eigenvalue weighted by atomic mass is 16.4. The minimum absolute atomic E-state index is 0.0102. The molecule has 152 valence electrons. The predicted molar refractivity (Wildman–Crippen MR) is 114 cm³/mol. The van der Waals surface area contributed by atoms with Gasteiger partial charge in [-0.1, -0.05) is 54.3 Å². The largest absolute Gasteiger partial charge is 0.481 e. The molecule has 2 N–H and O–H groups in total. The number of carboxylic acids is 1. The molecule has 0 bridgehead atoms. The molecule has 4 heteroatoms. The lowest BCUT2D eigenvalue weighted by molar-refractivity contribution is -0.141. The third-order valence-electron chi connectivity index (χ3n) is 4.79. The molecule has 0 aromatic heterocycles. The van der Waals surface area contributed by atoms with Gasteiger partial charge in [0.05, 0.1) is 5.92 Å². The average molecular weight is 392 g/mol. The second-order valence-electron chi connectivity index (χ2n) is 7.10. The first-order valence-corrected chi connectivity index (χ1v) is 10.1. The predicted octanol–water partition coefficient (Wildman–Crippen LogP) is 4.50. The van der Waals surface area contributed by atoms with E-state index in [4.69, 9.17) is 5.11 Å². The van der Waals surface area contributed by atoms with E-state index in [9.17, 15) is 14.7 Å². The molecule has 2 aromatic carbocycles. The lowest BCUT2D eigenvalue weighted by atomic mass is 9.92. The summed E-state index contributed by atoms with van der Waals surface area (Å²) in [6, 6.07) is 16.9. The van der Waals surface area contributed by atoms with Gasteiger partial charge in [0.25, 0.3) is 0 Å². The Morgan fingerprint density at radius 2 is 1.66 bits per heavy atom. The number of rotatable bonds is 11. The quantitative estimate of drug-likeness (QED) is 0.335. The van der Waals surface area contributed by atoms with Crippen molar-refractivity contribution in [1.29, 1.82) is 0 Å². The van der Waals surface area contributed by atoms with Crippen LogP contribution in [0.3, 0.4) is 0 Å². The molecule has 0 radical (unpaired) electrons. The molecule has 0 aliphatic carbocycles. The van der Waals surface area contributed by atoms with Crippen LogP contribution in [0, 0.1) is 17.8 Å². The van der Waals surface area contributed by atoms with Gasteiger partial charge in [-0.2, -0.15) is 0 Å². The molecular formula is C25H28O4. The number of unbranched alkanes of at least 4 members (excludes halogenated alkanes) is 2. The van der Waals surface area contributed by atoms with Gasteiger partial charge in [-0.25, -0.2) is 0 Å². The van der Waals surface area contributed by atoms with Crippen LogP contribution >= 0.6 is 0 Å². The first-order valence-electron chi connectivity index (χ1n) is 10.1. The molecular weight excluding hydrogens is 364 g/mol. The lowest BCUT2D eigenvalue weighted by Gasteiger charge is -2.11. The van der Waals surface area contributed by atoms with Crippen molar-refractivity contribution >= 4 is 11.8 Å². The van der Waals surface area contributed by atoms with Crippen molar-refractivity contribution in [2.75, 3.05) is 6.61 Å². The standard InChI is InChI=1S/C25H28O4/c26-18-7-2-1-4-11-21-14-16-22(17-15-21)24(27)19-23(25(28)29)13-8-12-20-9-5-3-6-10-20/h3,5-6,9-10,14-17,23,26H,1-2,7-8,12-13,18-19H2,(H,28,29). The number of ketones is 1. The number of Topliss-reactive ketones (excluding diaryl/α,β-unsaturated/α-hetero) is 1. The molecule has 1 unspecified atom stereocenters. The maximum absolute atomic E-state index is 12.5. The maximum atomic E-state index is 12.5. The van der Waals surface area contributed by atoms with Gasteiger partial charge in [0.15, 0.2) is 5.78 Å². The van der Waals surface area contributed by atoms with Gasteiger partial charge in [0.1, 0.15) is 0 Å². The summed E-state index contributed by atoms with van der Waals surface area (Å²) in [7, 11) is 0. The summed E-state index contributed by atoms with van der Waals surface area (Å²) in [5, 5.41) is 18.2. The zero-order valence-electron chi connectivity index (χ0n) is 16.6. The van der Waals surface area contributed by atoms with E-state index in [0.717, 1.165) is 37.7 Å². The van der Waals surface area contributed by atoms with Crippen molar-refractivity contribution in [3.63, 3.8) is 0 Å². The third kappa shape index (κ3) is 8.33. The fourth-order valence-corrected chi connectivity index (χ4v) is 3.08. The number of hydrogen-bond acceptors (Lipinski definition) is 3. The molecule has 29 heavy (non-hydrogen) atoms. The normalized spacial score (nSPS) is 11.3. The Hall–Kier alpha value is -2.90. The van der Waals surface area contributed by atoms with Crippen molar-refractivity contribution in [3.8, 4) is 11.8 Å². The molecule has 2 rings (SSSR count). The van der Waals surface area contributed by atoms with Crippen LogP contribution in [0.2, 0.25) is 0 Å². The van der Waals surface area contributed by atoms with Gasteiger partial charge in [0, 0.05) is 30.6 Å². The van der Waals surface area contributed by atoms with Crippen molar-refractivity contribution in [2.45, 2.75) is 44.9 Å². The van der Waals surface area contributed by atoms with Crippen LogP contribution in [-0.4, -0.2) is 28.6 Å². The first-order chi connectivity index (χ1) is 14.1. The summed E-state index contributed by atoms with van der Waals surface area (Å²) >= 11 is 0. The molecule has 0 aliphatic rings. The molecule has 0 heterocycles. The molecule has 0 amide bonds. The van der Waals surface area contributed by atoms with Gasteiger partial charge in [-0.15, -0.1) is 0 Å². The van der Waals surface area contributed by atoms with Crippen molar-refractivity contribution in [3.05, 3.63) is 71.3 Å². The topological polar surface area (TPSA) is 74.6 Å². The highest BCUT2D eigenvalue weighted by Gasteiger charge is 2.21. The molecule has 0 spiro atoms. The van der Waals surface area contributed by atoms with Crippen LogP contribution in [0.25, 0.3) is 0 Å². The van der Waals surface area contributed by atoms with Crippen LogP contribution in [0.4, 0.5) is 0 Å². The number of aliphatic hydroxyl groups excluding tert-OH is 1. The fourth-order valence-electron chi connectivity index (χ4n) is 3.08. The third-order valence-corrected chi connectivity index (χ3v) is 4.79. The summed E-state index contributed by atoms with van der Waals surface area (Å²) in [6.07, 6.45) is 4.37. The number of aryl methyl sites for hydroxylation is 1. The summed E-state index contributed by atoms with van der Waals surface area (Å²) in [4.78, 5) is 24.1. The van der Waals surface area contributed by atoms with E-state index < -0.39 is 11.9 Å². The second kappa shape index (κ2) is 12.5. The highest BCUT2D eigenvalue weighted by molar-refractivity contribution is 5.98. The highest BCUT2D eigenvalue weighted by Crippen LogP contribution is 2.18. The fraction of sp³-hybridized carbons (Fsp3) is 0.360. The van der Waals surface area contributed by atoms with Crippen LogP contribution in [0.5, 0.6) is 0 Å². The molecule has 0 fully saturated rings. The van der Waals surface area contributed by atoms with Crippen LogP contribution in [0.1, 0.15) is 60.0 Å². The summed E-state index contributed by atoms with van der Waals surface area (Å²) in [5.74, 6) is 4.34. The SMILES string of the molecule is O=C(CC(CCCc1ccccc1)C(=O)O)c1ccc(C#CCCCCO)cc1. The minimum atomic E-state index is -0.920. The van der Waals surface area contributed by atoms with Gasteiger partial charge >= 0.3 is 5.97 Å². The number of aliphatic carboxylic acids is 1. The zero-order valence-corrected chi connectivity index (χ0v) is 16.6. The Morgan fingerprint density at radius 3 is 2.31 bits per heavy atom. The van der Waals surface area contributed by atoms with Crippen LogP contribution in [-0.2, 0) is 11.2 Å². The maximum Gasteiger partial charge on any atom is 0.306 e. The van der Waals surface area contributed by atoms with Gasteiger partial charge in [-0.05, 0) is 49.8 Å². The number of aliphatic hydroxyl groups is 1. The van der Waals surface area contributed by atoms with Crippen LogP contribution < -0.4 is 0 Å². The monoisotopic (exact) mass is 392 g/mol. The van der Waals surface area contributed by atoms with Gasteiger partial charge in [-0.3, -0.25) is 9.59 Å². The number of hydrogen-bond donors (Lipinski definition) is 2. The zero-order chi connectivity index (χ0) is 20.9. The number of benzene rings is 2. The Bertz CT molecular complexity index is 829. The Balaban J connectivity index is 1.86. The Morgan fingerprint density at radius 1 is 0.931 bits per heavy atom. The van der Waals surface area contributed by atoms with E-state index in [0.29, 0.717) is 12.0 Å². The Labute approximate surface area is 172 Å². The molecule has 1 atom stereocenters. The van der Waals surface area contributed by atoms with Gasteiger partial charge < -0.3 is 10.2 Å². The second-order valence-corrected chi connectivity index (χ2v) is 7.10. The number of carboxylic acid groups (broad SMARTS) is 1. The smallest absolute Gasteiger partial charge is 0.306 e. The minimum Gasteiger partial charge on any atom is -0.481 e. The van der Waals surface area contributed by atoms with Crippen molar-refractivity contribution < 1.29 is 19.8 Å². The lowest BCUT2D eigenvalue weighted by Crippen LogP contribution is -2.18. The van der Waals surface area contributed by atoms with Gasteiger partial charge in [0.2, 0.25) is 0 Å². The van der Waals surface area contributed by atoms with E-state index in [1.165, 1.54) is 5.56 Å². The van der Waals surface area contributed by atoms with E-state index >= 15 is 0 Å². The summed E-state index contributed by atoms with van der Waals surface area (Å²) in [5.41, 5.74) is 2.52. The number of carbonyl (C=O) groups excluding carboxylic acids is 1. The average Bonchev–Trinajstić information content (AvgIpc) is 2.74. The van der Waals surface area contributed by atoms with E-state index in [-0.39, 0.29) is 18.8 Å². The van der Waals surface area contributed by atoms with E-state index in [2.05, 4.69) is 11.8 Å². The molecule has 0 saturated heterocycles. The van der Waals surface area contributed by atoms with E-state index in [1.54, 1.807) is 24.3 Å². The number of carbonyl (C=O) groups is 2. The summed E-state index contributed by atoms with van der Waals surface area (Å²) in [6.45, 7) is 0.183. The molecule has 2 aromatic rings. The van der Waals surface area contributed by atoms with Crippen LogP contribution in [0.15, 0.2) is 54.6 Å². The molecule has 4 nitrogen and oxygen atoms in total. The first kappa shape index (κ1) is 22.4. The molecule has 0 saturated carbocycles. The summed E-state index contributed by atoms with van der Waals surface area (Å²) < 4.78 is 0. The Kier molecular flexibility index (Phi) is 9.68.